The number of carbonyl (C=O) groups is 3. The summed E-state index contributed by atoms with van der Waals surface area (Å²) in [5.74, 6) is -1.48. The van der Waals surface area contributed by atoms with Crippen molar-refractivity contribution in [2.24, 2.45) is 17.3 Å². The lowest BCUT2D eigenvalue weighted by molar-refractivity contribution is -0.147. The fraction of sp³-hybridized carbons (Fsp3) is 0.654. The van der Waals surface area contributed by atoms with E-state index in [1.165, 1.54) is 0 Å². The van der Waals surface area contributed by atoms with Crippen LogP contribution >= 0.6 is 0 Å². The van der Waals surface area contributed by atoms with Gasteiger partial charge < -0.3 is 14.9 Å². The Morgan fingerprint density at radius 1 is 1.19 bits per heavy atom. The maximum atomic E-state index is 12.2. The van der Waals surface area contributed by atoms with Crippen LogP contribution in [0.5, 0.6) is 0 Å². The van der Waals surface area contributed by atoms with Gasteiger partial charge in [-0.05, 0) is 43.6 Å². The van der Waals surface area contributed by atoms with E-state index in [-0.39, 0.29) is 35.9 Å². The van der Waals surface area contributed by atoms with Crippen molar-refractivity contribution in [3.63, 3.8) is 0 Å². The van der Waals surface area contributed by atoms with Gasteiger partial charge in [-0.1, -0.05) is 64.0 Å². The zero-order valence-corrected chi connectivity index (χ0v) is 19.8. The van der Waals surface area contributed by atoms with E-state index in [0.717, 1.165) is 32.1 Å². The van der Waals surface area contributed by atoms with Gasteiger partial charge in [-0.3, -0.25) is 14.4 Å². The molecule has 0 aromatic heterocycles. The number of carboxylic acids is 1. The Kier molecular flexibility index (Phi) is 12.8. The van der Waals surface area contributed by atoms with Crippen LogP contribution in [0.3, 0.4) is 0 Å². The third kappa shape index (κ3) is 10.9. The minimum atomic E-state index is -1.01. The summed E-state index contributed by atoms with van der Waals surface area (Å²) < 4.78 is 4.99. The highest BCUT2D eigenvalue weighted by Gasteiger charge is 2.29. The molecule has 0 heterocycles. The van der Waals surface area contributed by atoms with Gasteiger partial charge in [-0.25, -0.2) is 0 Å². The molecule has 0 unspecified atom stereocenters. The smallest absolute Gasteiger partial charge is 0.306 e. The topological polar surface area (TPSA) is 101 Å². The summed E-state index contributed by atoms with van der Waals surface area (Å²) in [4.78, 5) is 34.0. The molecule has 0 saturated heterocycles. The summed E-state index contributed by atoms with van der Waals surface area (Å²) in [5.41, 5.74) is -0.182. The first-order valence-corrected chi connectivity index (χ1v) is 11.8. The van der Waals surface area contributed by atoms with Gasteiger partial charge in [0.2, 0.25) is 0 Å². The molecule has 1 rings (SSSR count). The average molecular weight is 449 g/mol. The van der Waals surface area contributed by atoms with Crippen LogP contribution in [0.4, 0.5) is 0 Å². The number of ketones is 1. The fourth-order valence-electron chi connectivity index (χ4n) is 3.59. The number of aliphatic carboxylic acids is 1. The Morgan fingerprint density at radius 3 is 2.62 bits per heavy atom. The number of aliphatic hydroxyl groups excluding tert-OH is 1. The van der Waals surface area contributed by atoms with Crippen LogP contribution in [0, 0.1) is 17.3 Å². The molecule has 0 amide bonds. The van der Waals surface area contributed by atoms with Crippen molar-refractivity contribution in [1.82, 2.24) is 0 Å². The first-order valence-electron chi connectivity index (χ1n) is 11.8. The lowest BCUT2D eigenvalue weighted by atomic mass is 9.80. The molecule has 0 fully saturated rings. The third-order valence-corrected chi connectivity index (χ3v) is 5.93. The van der Waals surface area contributed by atoms with Gasteiger partial charge in [0, 0.05) is 11.8 Å². The molecule has 0 aliphatic heterocycles. The summed E-state index contributed by atoms with van der Waals surface area (Å²) in [6.45, 7) is 6.58. The number of rotatable bonds is 16. The van der Waals surface area contributed by atoms with Gasteiger partial charge in [0.05, 0.1) is 25.6 Å². The Morgan fingerprint density at radius 2 is 1.94 bits per heavy atom. The number of esters is 1. The highest BCUT2D eigenvalue weighted by molar-refractivity contribution is 5.95. The van der Waals surface area contributed by atoms with Gasteiger partial charge in [0.25, 0.3) is 0 Å². The van der Waals surface area contributed by atoms with Crippen LogP contribution in [0.2, 0.25) is 0 Å². The van der Waals surface area contributed by atoms with E-state index >= 15 is 0 Å². The number of hydrogen-bond donors (Lipinski definition) is 2. The molecule has 0 bridgehead atoms. The summed E-state index contributed by atoms with van der Waals surface area (Å²) in [5, 5.41) is 19.1. The van der Waals surface area contributed by atoms with Crippen LogP contribution in [0.1, 0.15) is 78.6 Å². The monoisotopic (exact) mass is 448 g/mol. The Labute approximate surface area is 192 Å². The maximum Gasteiger partial charge on any atom is 0.306 e. The van der Waals surface area contributed by atoms with Crippen molar-refractivity contribution in [1.29, 1.82) is 0 Å². The highest BCUT2D eigenvalue weighted by Crippen LogP contribution is 2.31. The van der Waals surface area contributed by atoms with Gasteiger partial charge in [0.15, 0.2) is 5.78 Å². The number of ether oxygens (including phenoxy) is 1. The quantitative estimate of drug-likeness (QED) is 0.195. The molecule has 0 aromatic rings. The average Bonchev–Trinajstić information content (AvgIpc) is 3.10. The van der Waals surface area contributed by atoms with Crippen LogP contribution in [0.15, 0.2) is 36.5 Å². The molecule has 6 nitrogen and oxygen atoms in total. The van der Waals surface area contributed by atoms with E-state index in [9.17, 15) is 19.5 Å². The Balaban J connectivity index is 2.33. The molecule has 32 heavy (non-hydrogen) atoms. The largest absolute Gasteiger partial charge is 0.481 e. The van der Waals surface area contributed by atoms with Crippen molar-refractivity contribution in [2.45, 2.75) is 84.7 Å². The van der Waals surface area contributed by atoms with Crippen molar-refractivity contribution >= 4 is 17.7 Å². The molecule has 0 radical (unpaired) electrons. The van der Waals surface area contributed by atoms with Crippen LogP contribution in [0.25, 0.3) is 0 Å². The second kappa shape index (κ2) is 14.8. The van der Waals surface area contributed by atoms with Crippen molar-refractivity contribution in [3.05, 3.63) is 36.5 Å². The lowest BCUT2D eigenvalue weighted by Gasteiger charge is -2.28. The first kappa shape index (κ1) is 27.8. The zero-order valence-electron chi connectivity index (χ0n) is 19.8. The normalized spacial score (nSPS) is 19.8. The fourth-order valence-corrected chi connectivity index (χ4v) is 3.59. The predicted molar refractivity (Wildman–Crippen MR) is 125 cm³/mol. The zero-order chi connectivity index (χ0) is 24.0. The van der Waals surface area contributed by atoms with Crippen LogP contribution in [-0.4, -0.2) is 40.6 Å². The lowest BCUT2D eigenvalue weighted by Crippen LogP contribution is -2.27. The van der Waals surface area contributed by atoms with Crippen LogP contribution < -0.4 is 0 Å². The molecule has 6 heteroatoms. The maximum absolute atomic E-state index is 12.2. The summed E-state index contributed by atoms with van der Waals surface area (Å²) in [7, 11) is 0. The van der Waals surface area contributed by atoms with E-state index in [0.29, 0.717) is 19.4 Å². The van der Waals surface area contributed by atoms with Gasteiger partial charge >= 0.3 is 11.9 Å². The second-order valence-electron chi connectivity index (χ2n) is 9.18. The van der Waals surface area contributed by atoms with Crippen molar-refractivity contribution in [3.8, 4) is 0 Å². The predicted octanol–water partition coefficient (Wildman–Crippen LogP) is 5.02. The number of unbranched alkanes of at least 4 members (excludes halogenated alkanes) is 3. The van der Waals surface area contributed by atoms with E-state index in [2.05, 4.69) is 20.8 Å². The minimum absolute atomic E-state index is 0.00832. The molecule has 0 saturated carbocycles. The SMILES string of the molecule is CCCCC(C)(C)[C@H](O)/C=C/[C@@H]1C=CC(=O)[C@@H]1C/C=C\CCCCOC(=O)CCC(=O)O. The highest BCUT2D eigenvalue weighted by atomic mass is 16.5. The van der Waals surface area contributed by atoms with Crippen molar-refractivity contribution < 1.29 is 29.3 Å². The number of allylic oxidation sites excluding steroid dienone is 5. The molecule has 1 aliphatic carbocycles. The molecular weight excluding hydrogens is 408 g/mol. The molecule has 3 atom stereocenters. The molecule has 0 aromatic carbocycles. The van der Waals surface area contributed by atoms with E-state index in [1.807, 2.05) is 30.4 Å². The van der Waals surface area contributed by atoms with Crippen LogP contribution in [-0.2, 0) is 19.1 Å². The Hall–Kier alpha value is -2.21. The third-order valence-electron chi connectivity index (χ3n) is 5.93. The summed E-state index contributed by atoms with van der Waals surface area (Å²) in [6.07, 6.45) is 16.8. The van der Waals surface area contributed by atoms with Gasteiger partial charge in [-0.2, -0.15) is 0 Å². The summed E-state index contributed by atoms with van der Waals surface area (Å²) >= 11 is 0. The van der Waals surface area contributed by atoms with E-state index < -0.39 is 18.0 Å². The standard InChI is InChI=1S/C26H40O6/c1-4-5-18-26(2,3)23(28)15-13-20-12-14-22(27)21(20)11-9-7-6-8-10-19-32-25(31)17-16-24(29)30/h7,9,12-15,20-21,23,28H,4-6,8,10-11,16-19H2,1-3H3,(H,29,30)/b9-7-,15-13+/t20-,21+,23+/m0/s1. The molecule has 180 valence electrons. The molecule has 1 aliphatic rings. The second-order valence-corrected chi connectivity index (χ2v) is 9.18. The molecular formula is C26H40O6. The van der Waals surface area contributed by atoms with Gasteiger partial charge in [0.1, 0.15) is 0 Å². The molecule has 0 spiro atoms. The first-order chi connectivity index (χ1) is 15.2. The minimum Gasteiger partial charge on any atom is -0.481 e. The summed E-state index contributed by atoms with van der Waals surface area (Å²) in [6, 6.07) is 0. The number of carbonyl (C=O) groups excluding carboxylic acids is 2. The van der Waals surface area contributed by atoms with E-state index in [1.54, 1.807) is 6.08 Å². The van der Waals surface area contributed by atoms with Crippen molar-refractivity contribution in [2.75, 3.05) is 6.61 Å². The number of aliphatic hydroxyl groups is 1. The number of hydrogen-bond acceptors (Lipinski definition) is 5. The van der Waals surface area contributed by atoms with Gasteiger partial charge in [-0.15, -0.1) is 0 Å². The number of carboxylic acid groups (broad SMARTS) is 1. The molecule has 2 N–H and O–H groups in total. The van der Waals surface area contributed by atoms with E-state index in [4.69, 9.17) is 9.84 Å². The Bertz CT molecular complexity index is 688.